The molecule has 446 valence electrons. The first-order chi connectivity index (χ1) is 36.1. The van der Waals surface area contributed by atoms with Crippen LogP contribution in [0.4, 0.5) is 0 Å². The van der Waals surface area contributed by atoms with Gasteiger partial charge in [0.2, 0.25) is 5.91 Å². The third kappa shape index (κ3) is 29.9. The quantitative estimate of drug-likeness (QED) is 0.0204. The molecule has 1 saturated heterocycles. The van der Waals surface area contributed by atoms with Crippen molar-refractivity contribution >= 4 is 13.7 Å². The van der Waals surface area contributed by atoms with Crippen LogP contribution in [-0.2, 0) is 27.9 Å². The van der Waals surface area contributed by atoms with Crippen LogP contribution >= 0.6 is 7.82 Å². The summed E-state index contributed by atoms with van der Waals surface area (Å²) in [6, 6.07) is -1.31. The van der Waals surface area contributed by atoms with Crippen molar-refractivity contribution in [3.8, 4) is 0 Å². The Bertz CT molecular complexity index is 1420. The first-order valence-electron chi connectivity index (χ1n) is 30.1. The van der Waals surface area contributed by atoms with Crippen molar-refractivity contribution in [3.63, 3.8) is 0 Å². The average molecular weight is 1100 g/mol. The monoisotopic (exact) mass is 1100 g/mol. The summed E-state index contributed by atoms with van der Waals surface area (Å²) in [5.41, 5.74) is 0. The van der Waals surface area contributed by atoms with Crippen LogP contribution in [0.3, 0.4) is 0 Å². The van der Waals surface area contributed by atoms with Crippen molar-refractivity contribution in [2.24, 2.45) is 0 Å². The molecule has 3 unspecified atom stereocenters. The summed E-state index contributed by atoms with van der Waals surface area (Å²) >= 11 is 0. The van der Waals surface area contributed by atoms with E-state index in [0.717, 1.165) is 51.4 Å². The number of carbonyl (C=O) groups excluding carboxylic acids is 1. The Kier molecular flexibility index (Phi) is 40.2. The van der Waals surface area contributed by atoms with Gasteiger partial charge in [-0.25, -0.2) is 4.57 Å². The van der Waals surface area contributed by atoms with Crippen LogP contribution in [-0.4, -0.2) is 161 Å². The van der Waals surface area contributed by atoms with Gasteiger partial charge in [0.1, 0.15) is 67.1 Å². The smallest absolute Gasteiger partial charge is 0.394 e. The summed E-state index contributed by atoms with van der Waals surface area (Å²) in [6.45, 7) is 2.82. The summed E-state index contributed by atoms with van der Waals surface area (Å²) in [5.74, 6) is -0.804. The Morgan fingerprint density at radius 2 is 0.840 bits per heavy atom. The molecule has 1 saturated carbocycles. The lowest BCUT2D eigenvalue weighted by atomic mass is 9.84. The molecule has 1 aliphatic carbocycles. The molecular weight excluding hydrogens is 990 g/mol. The molecule has 15 atom stereocenters. The first kappa shape index (κ1) is 70.2. The van der Waals surface area contributed by atoms with Gasteiger partial charge in [0.05, 0.1) is 25.4 Å². The van der Waals surface area contributed by atoms with E-state index in [-0.39, 0.29) is 12.8 Å². The number of rotatable bonds is 48. The van der Waals surface area contributed by atoms with Gasteiger partial charge in [-0.05, 0) is 12.8 Å². The van der Waals surface area contributed by atoms with Crippen LogP contribution in [0.15, 0.2) is 0 Å². The van der Waals surface area contributed by atoms with E-state index in [4.69, 9.17) is 18.5 Å². The molecule has 2 rings (SSSR count). The highest BCUT2D eigenvalue weighted by molar-refractivity contribution is 7.47. The third-order valence-electron chi connectivity index (χ3n) is 15.4. The number of carbonyl (C=O) groups is 1. The van der Waals surface area contributed by atoms with E-state index in [9.17, 15) is 65.3 Å². The lowest BCUT2D eigenvalue weighted by Gasteiger charge is -2.47. The van der Waals surface area contributed by atoms with E-state index in [1.54, 1.807) is 0 Å². The summed E-state index contributed by atoms with van der Waals surface area (Å²) in [7, 11) is -5.39. The molecule has 0 radical (unpaired) electrons. The van der Waals surface area contributed by atoms with Gasteiger partial charge in [-0.15, -0.1) is 0 Å². The summed E-state index contributed by atoms with van der Waals surface area (Å²) in [6.07, 6.45) is 17.4. The number of aliphatic hydroxyl groups is 10. The Balaban J connectivity index is 1.89. The van der Waals surface area contributed by atoms with Crippen LogP contribution in [0.2, 0.25) is 0 Å². The zero-order chi connectivity index (χ0) is 55.3. The zero-order valence-corrected chi connectivity index (χ0v) is 47.4. The number of nitrogens with one attached hydrogen (secondary N) is 1. The molecule has 0 aromatic heterocycles. The second kappa shape index (κ2) is 42.9. The molecule has 1 heterocycles. The highest BCUT2D eigenvalue weighted by Gasteiger charge is 2.55. The van der Waals surface area contributed by atoms with Gasteiger partial charge in [-0.3, -0.25) is 13.8 Å². The SMILES string of the molecule is CCCCCCCCCCCCCCCCCCCCCCC(O)C(=O)N[C@@H](COP(=O)(O)O[C@@H]1[C@H](O)[C@H](O)[C@@H](O)[C@H](O)[C@H]1OC1O[C@H](CO)[C@@H](O)[C@H](O)[C@@H]1O)[C@H](O)CCCCCCCCCCCCCCCCC. The van der Waals surface area contributed by atoms with Crippen molar-refractivity contribution in [1.82, 2.24) is 5.32 Å². The first-order valence-corrected chi connectivity index (χ1v) is 31.6. The van der Waals surface area contributed by atoms with Gasteiger partial charge >= 0.3 is 7.82 Å². The predicted molar refractivity (Wildman–Crippen MR) is 289 cm³/mol. The number of phosphoric ester groups is 1. The van der Waals surface area contributed by atoms with Gasteiger partial charge in [0, 0.05) is 0 Å². The van der Waals surface area contributed by atoms with E-state index < -0.39 is 113 Å². The molecule has 18 nitrogen and oxygen atoms in total. The lowest BCUT2D eigenvalue weighted by molar-refractivity contribution is -0.338. The van der Waals surface area contributed by atoms with E-state index in [2.05, 4.69) is 19.2 Å². The number of phosphoric acid groups is 1. The maximum Gasteiger partial charge on any atom is 0.472 e. The van der Waals surface area contributed by atoms with Crippen molar-refractivity contribution < 1.29 is 83.8 Å². The number of ether oxygens (including phenoxy) is 2. The van der Waals surface area contributed by atoms with Gasteiger partial charge in [0.25, 0.3) is 0 Å². The van der Waals surface area contributed by atoms with Crippen LogP contribution in [0.1, 0.15) is 251 Å². The minimum atomic E-state index is -5.39. The highest BCUT2D eigenvalue weighted by atomic mass is 31.2. The minimum Gasteiger partial charge on any atom is -0.394 e. The molecule has 19 heteroatoms. The van der Waals surface area contributed by atoms with E-state index in [1.165, 1.54) is 161 Å². The topological polar surface area (TPSA) is 306 Å². The van der Waals surface area contributed by atoms with E-state index in [1.807, 2.05) is 0 Å². The molecule has 2 fully saturated rings. The summed E-state index contributed by atoms with van der Waals surface area (Å²) in [4.78, 5) is 24.3. The summed E-state index contributed by atoms with van der Waals surface area (Å²) < 4.78 is 34.9. The molecule has 0 bridgehead atoms. The van der Waals surface area contributed by atoms with Crippen molar-refractivity contribution in [1.29, 1.82) is 0 Å². The fourth-order valence-electron chi connectivity index (χ4n) is 10.3. The second-order valence-electron chi connectivity index (χ2n) is 22.0. The number of hydrogen-bond donors (Lipinski definition) is 12. The Labute approximate surface area is 451 Å². The van der Waals surface area contributed by atoms with E-state index in [0.29, 0.717) is 12.8 Å². The molecule has 2 aliphatic rings. The molecule has 75 heavy (non-hydrogen) atoms. The molecular formula is C56H110NO17P. The van der Waals surface area contributed by atoms with Gasteiger partial charge in [0.15, 0.2) is 6.29 Å². The van der Waals surface area contributed by atoms with Crippen molar-refractivity contribution in [2.45, 2.75) is 337 Å². The molecule has 1 aliphatic heterocycles. The fourth-order valence-corrected chi connectivity index (χ4v) is 11.3. The average Bonchev–Trinajstić information content (AvgIpc) is 3.39. The molecule has 0 aromatic carbocycles. The normalized spacial score (nSPS) is 27.2. The molecule has 0 aromatic rings. The predicted octanol–water partition coefficient (Wildman–Crippen LogP) is 7.81. The molecule has 0 spiro atoms. The highest BCUT2D eigenvalue weighted by Crippen LogP contribution is 2.48. The standard InChI is InChI=1S/C56H110NO17P/c1-3-5-7-9-11-13-15-17-19-20-21-22-23-25-27-29-31-33-35-37-39-44(60)55(68)57-42(43(59)38-36-34-32-30-28-26-24-18-16-14-12-10-8-6-4-2)41-71-75(69,70)74-54-51(66)49(64)48(63)50(65)53(54)73-56-52(67)47(62)46(61)45(40-58)72-56/h42-54,56,58-67H,3-41H2,1-2H3,(H,57,68)(H,69,70)/t42-,43+,44?,45+,46+,47-,48+,49+,50-,51+,52-,53+,54+,56?/m0/s1. The van der Waals surface area contributed by atoms with Crippen LogP contribution < -0.4 is 5.32 Å². The largest absolute Gasteiger partial charge is 0.472 e. The minimum absolute atomic E-state index is 0.168. The maximum absolute atomic E-state index is 13.6. The summed E-state index contributed by atoms with van der Waals surface area (Å²) in [5, 5.41) is 108. The van der Waals surface area contributed by atoms with Gasteiger partial charge in [-0.1, -0.05) is 239 Å². The fraction of sp³-hybridized carbons (Fsp3) is 0.982. The van der Waals surface area contributed by atoms with Gasteiger partial charge in [-0.2, -0.15) is 0 Å². The molecule has 12 N–H and O–H groups in total. The molecule has 1 amide bonds. The Morgan fingerprint density at radius 1 is 0.493 bits per heavy atom. The number of unbranched alkanes of at least 4 members (excludes halogenated alkanes) is 33. The number of amides is 1. The van der Waals surface area contributed by atoms with Crippen molar-refractivity contribution in [3.05, 3.63) is 0 Å². The third-order valence-corrected chi connectivity index (χ3v) is 16.4. The van der Waals surface area contributed by atoms with Crippen molar-refractivity contribution in [2.75, 3.05) is 13.2 Å². The van der Waals surface area contributed by atoms with Crippen LogP contribution in [0.5, 0.6) is 0 Å². The van der Waals surface area contributed by atoms with E-state index >= 15 is 0 Å². The number of hydrogen-bond acceptors (Lipinski definition) is 16. The zero-order valence-electron chi connectivity index (χ0n) is 46.5. The van der Waals surface area contributed by atoms with Gasteiger partial charge < -0.3 is 70.7 Å². The lowest BCUT2D eigenvalue weighted by Crippen LogP contribution is -2.67. The van der Waals surface area contributed by atoms with Crippen LogP contribution in [0.25, 0.3) is 0 Å². The maximum atomic E-state index is 13.6. The van der Waals surface area contributed by atoms with Crippen LogP contribution in [0, 0.1) is 0 Å². The Hall–Kier alpha value is -0.900. The second-order valence-corrected chi connectivity index (χ2v) is 23.4. The Morgan fingerprint density at radius 3 is 1.23 bits per heavy atom. The number of aliphatic hydroxyl groups excluding tert-OH is 10.